The zero-order chi connectivity index (χ0) is 14.7. The number of rotatable bonds is 4. The Morgan fingerprint density at radius 3 is 2.85 bits per heavy atom. The lowest BCUT2D eigenvalue weighted by Gasteiger charge is -2.10. The maximum atomic E-state index is 12.1. The van der Waals surface area contributed by atoms with E-state index in [1.165, 1.54) is 0 Å². The summed E-state index contributed by atoms with van der Waals surface area (Å²) in [6.45, 7) is 3.08. The summed E-state index contributed by atoms with van der Waals surface area (Å²) in [6, 6.07) is 5.30. The fourth-order valence-electron chi connectivity index (χ4n) is 1.72. The van der Waals surface area contributed by atoms with E-state index in [0.29, 0.717) is 21.7 Å². The number of hydrogen-bond donors (Lipinski definition) is 1. The lowest BCUT2D eigenvalue weighted by molar-refractivity contribution is 0.733. The van der Waals surface area contributed by atoms with Crippen molar-refractivity contribution in [1.29, 1.82) is 0 Å². The lowest BCUT2D eigenvalue weighted by atomic mass is 10.3. The van der Waals surface area contributed by atoms with Crippen molar-refractivity contribution in [2.75, 3.05) is 11.9 Å². The number of aromatic nitrogens is 2. The second-order valence-electron chi connectivity index (χ2n) is 4.09. The Morgan fingerprint density at radius 2 is 2.15 bits per heavy atom. The highest BCUT2D eigenvalue weighted by atomic mass is 79.9. The molecule has 2 heterocycles. The molecule has 0 radical (unpaired) electrons. The molecule has 0 saturated carbocycles. The van der Waals surface area contributed by atoms with Gasteiger partial charge in [0.1, 0.15) is 5.82 Å². The van der Waals surface area contributed by atoms with E-state index in [-0.39, 0.29) is 5.56 Å². The van der Waals surface area contributed by atoms with Gasteiger partial charge < -0.3 is 9.88 Å². The van der Waals surface area contributed by atoms with Crippen molar-refractivity contribution in [3.63, 3.8) is 0 Å². The Morgan fingerprint density at radius 1 is 1.40 bits per heavy atom. The number of nitrogens with zero attached hydrogens (tertiary/aromatic N) is 2. The largest absolute Gasteiger partial charge is 0.370 e. The van der Waals surface area contributed by atoms with Gasteiger partial charge in [-0.05, 0) is 57.0 Å². The summed E-state index contributed by atoms with van der Waals surface area (Å²) in [7, 11) is 0. The molecule has 0 aliphatic rings. The highest BCUT2D eigenvalue weighted by Crippen LogP contribution is 2.19. The van der Waals surface area contributed by atoms with Crippen LogP contribution in [0, 0.1) is 0 Å². The van der Waals surface area contributed by atoms with Crippen LogP contribution in [0.3, 0.4) is 0 Å². The smallest absolute Gasteiger partial charge is 0.265 e. The molecular formula is C13H12Br2ClN3O. The number of halogens is 3. The van der Waals surface area contributed by atoms with E-state index in [9.17, 15) is 4.79 Å². The first-order valence-electron chi connectivity index (χ1n) is 5.96. The quantitative estimate of drug-likeness (QED) is 0.815. The molecule has 1 N–H and O–H groups in total. The minimum absolute atomic E-state index is 0.125. The first kappa shape index (κ1) is 15.5. The van der Waals surface area contributed by atoms with Crippen molar-refractivity contribution in [2.24, 2.45) is 0 Å². The molecule has 20 heavy (non-hydrogen) atoms. The van der Waals surface area contributed by atoms with Crippen molar-refractivity contribution in [3.8, 4) is 0 Å². The topological polar surface area (TPSA) is 46.9 Å². The third kappa shape index (κ3) is 3.62. The van der Waals surface area contributed by atoms with Gasteiger partial charge in [-0.15, -0.1) is 0 Å². The second-order valence-corrected chi connectivity index (χ2v) is 6.27. The van der Waals surface area contributed by atoms with E-state index in [1.807, 2.05) is 13.0 Å². The third-order valence-electron chi connectivity index (χ3n) is 2.61. The van der Waals surface area contributed by atoms with Crippen LogP contribution < -0.4 is 10.9 Å². The molecule has 0 aliphatic heterocycles. The van der Waals surface area contributed by atoms with E-state index in [2.05, 4.69) is 42.2 Å². The minimum Gasteiger partial charge on any atom is -0.370 e. The summed E-state index contributed by atoms with van der Waals surface area (Å²) in [5, 5.41) is 3.66. The molecule has 2 rings (SSSR count). The lowest BCUT2D eigenvalue weighted by Crippen LogP contribution is -2.21. The maximum Gasteiger partial charge on any atom is 0.265 e. The second kappa shape index (κ2) is 6.74. The predicted octanol–water partition coefficient (Wildman–Crippen LogP) is 3.90. The molecule has 2 aromatic heterocycles. The van der Waals surface area contributed by atoms with Crippen LogP contribution in [0.5, 0.6) is 0 Å². The number of pyridine rings is 2. The predicted molar refractivity (Wildman–Crippen MR) is 88.6 cm³/mol. The van der Waals surface area contributed by atoms with Gasteiger partial charge in [-0.2, -0.15) is 0 Å². The highest BCUT2D eigenvalue weighted by molar-refractivity contribution is 9.11. The van der Waals surface area contributed by atoms with Gasteiger partial charge in [-0.3, -0.25) is 4.79 Å². The first-order chi connectivity index (χ1) is 9.51. The normalized spacial score (nSPS) is 10.6. The molecule has 0 unspecified atom stereocenters. The van der Waals surface area contributed by atoms with Crippen molar-refractivity contribution >= 4 is 49.3 Å². The molecule has 4 nitrogen and oxygen atoms in total. The van der Waals surface area contributed by atoms with E-state index >= 15 is 0 Å². The molecule has 0 saturated heterocycles. The van der Waals surface area contributed by atoms with Crippen molar-refractivity contribution in [1.82, 2.24) is 9.55 Å². The zero-order valence-corrected chi connectivity index (χ0v) is 14.6. The van der Waals surface area contributed by atoms with Crippen LogP contribution in [0.25, 0.3) is 0 Å². The molecule has 0 spiro atoms. The number of nitrogens with one attached hydrogen (secondary N) is 1. The van der Waals surface area contributed by atoms with E-state index in [0.717, 1.165) is 16.8 Å². The maximum absolute atomic E-state index is 12.1. The monoisotopic (exact) mass is 419 g/mol. The number of anilines is 1. The summed E-state index contributed by atoms with van der Waals surface area (Å²) in [6.07, 6.45) is 1.71. The fourth-order valence-corrected chi connectivity index (χ4v) is 3.14. The van der Waals surface area contributed by atoms with Crippen LogP contribution in [0.1, 0.15) is 12.6 Å². The standard InChI is InChI=1S/C13H12Br2ClN3O/c1-2-17-12-4-3-10(16)11(18-12)7-19-6-8(14)5-9(15)13(19)20/h3-6H,2,7H2,1H3,(H,17,18). The van der Waals surface area contributed by atoms with Crippen LogP contribution in [0.2, 0.25) is 5.02 Å². The average molecular weight is 422 g/mol. The Kier molecular flexibility index (Phi) is 5.23. The molecule has 0 aromatic carbocycles. The highest BCUT2D eigenvalue weighted by Gasteiger charge is 2.08. The van der Waals surface area contributed by atoms with Crippen LogP contribution in [-0.4, -0.2) is 16.1 Å². The fraction of sp³-hybridized carbons (Fsp3) is 0.231. The summed E-state index contributed by atoms with van der Waals surface area (Å²) < 4.78 is 2.85. The third-order valence-corrected chi connectivity index (χ3v) is 3.95. The molecule has 2 aromatic rings. The molecule has 7 heteroatoms. The summed E-state index contributed by atoms with van der Waals surface area (Å²) in [5.41, 5.74) is 0.525. The Balaban J connectivity index is 2.39. The van der Waals surface area contributed by atoms with Gasteiger partial charge in [0.05, 0.1) is 21.7 Å². The minimum atomic E-state index is -0.125. The molecule has 106 valence electrons. The van der Waals surface area contributed by atoms with Crippen molar-refractivity contribution < 1.29 is 0 Å². The average Bonchev–Trinajstić information content (AvgIpc) is 2.39. The van der Waals surface area contributed by atoms with Gasteiger partial charge in [-0.25, -0.2) is 4.98 Å². The Bertz CT molecular complexity index is 688. The van der Waals surface area contributed by atoms with Gasteiger partial charge in [-0.1, -0.05) is 11.6 Å². The molecule has 0 bridgehead atoms. The summed E-state index contributed by atoms with van der Waals surface area (Å²) in [5.74, 6) is 0.744. The van der Waals surface area contributed by atoms with E-state index in [1.54, 1.807) is 22.9 Å². The van der Waals surface area contributed by atoms with Gasteiger partial charge in [0.25, 0.3) is 5.56 Å². The SMILES string of the molecule is CCNc1ccc(Cl)c(Cn2cc(Br)cc(Br)c2=O)n1. The number of hydrogen-bond acceptors (Lipinski definition) is 3. The van der Waals surface area contributed by atoms with Crippen molar-refractivity contribution in [2.45, 2.75) is 13.5 Å². The Hall–Kier alpha value is -0.850. The molecule has 0 fully saturated rings. The molecular weight excluding hydrogens is 409 g/mol. The van der Waals surface area contributed by atoms with Crippen LogP contribution in [0.15, 0.2) is 38.1 Å². The van der Waals surface area contributed by atoms with E-state index in [4.69, 9.17) is 11.6 Å². The van der Waals surface area contributed by atoms with Gasteiger partial charge in [0.2, 0.25) is 0 Å². The first-order valence-corrected chi connectivity index (χ1v) is 7.92. The van der Waals surface area contributed by atoms with Gasteiger partial charge >= 0.3 is 0 Å². The summed E-state index contributed by atoms with van der Waals surface area (Å²) >= 11 is 12.8. The zero-order valence-electron chi connectivity index (χ0n) is 10.7. The Labute approximate surface area is 138 Å². The van der Waals surface area contributed by atoms with Crippen LogP contribution >= 0.6 is 43.5 Å². The van der Waals surface area contributed by atoms with Crippen molar-refractivity contribution in [3.05, 3.63) is 54.4 Å². The molecule has 0 aliphatic carbocycles. The molecule has 0 amide bonds. The summed E-state index contributed by atoms with van der Waals surface area (Å²) in [4.78, 5) is 16.5. The van der Waals surface area contributed by atoms with E-state index < -0.39 is 0 Å². The van der Waals surface area contributed by atoms with Crippen LogP contribution in [-0.2, 0) is 6.54 Å². The van der Waals surface area contributed by atoms with Gasteiger partial charge in [0.15, 0.2) is 0 Å². The van der Waals surface area contributed by atoms with Gasteiger partial charge in [0, 0.05) is 17.2 Å². The molecule has 0 atom stereocenters. The van der Waals surface area contributed by atoms with Crippen LogP contribution in [0.4, 0.5) is 5.82 Å².